The quantitative estimate of drug-likeness (QED) is 0.733. The molecule has 1 aliphatic heterocycles. The van der Waals surface area contributed by atoms with Crippen LogP contribution in [0.1, 0.15) is 25.3 Å². The summed E-state index contributed by atoms with van der Waals surface area (Å²) in [5.74, 6) is 0.226. The SMILES string of the molecule is CN1CC(C(C)(C)O)c2ccccc21. The van der Waals surface area contributed by atoms with Gasteiger partial charge in [0.25, 0.3) is 0 Å². The Balaban J connectivity index is 2.44. The summed E-state index contributed by atoms with van der Waals surface area (Å²) >= 11 is 0. The van der Waals surface area contributed by atoms with Crippen LogP contribution >= 0.6 is 0 Å². The zero-order valence-corrected chi connectivity index (χ0v) is 8.99. The van der Waals surface area contributed by atoms with Crippen LogP contribution in [0.15, 0.2) is 24.3 Å². The topological polar surface area (TPSA) is 23.5 Å². The second kappa shape index (κ2) is 2.99. The maximum absolute atomic E-state index is 10.1. The van der Waals surface area contributed by atoms with Crippen molar-refractivity contribution in [3.63, 3.8) is 0 Å². The van der Waals surface area contributed by atoms with Crippen LogP contribution in [0.5, 0.6) is 0 Å². The molecule has 1 N–H and O–H groups in total. The average Bonchev–Trinajstić information content (AvgIpc) is 2.44. The summed E-state index contributed by atoms with van der Waals surface area (Å²) < 4.78 is 0. The van der Waals surface area contributed by atoms with Crippen molar-refractivity contribution in [3.8, 4) is 0 Å². The molecule has 1 aromatic rings. The van der Waals surface area contributed by atoms with Gasteiger partial charge in [0.2, 0.25) is 0 Å². The normalized spacial score (nSPS) is 21.1. The number of aliphatic hydroxyl groups is 1. The minimum absolute atomic E-state index is 0.226. The number of fused-ring (bicyclic) bond motifs is 1. The number of benzene rings is 1. The monoisotopic (exact) mass is 191 g/mol. The van der Waals surface area contributed by atoms with Crippen LogP contribution in [0.2, 0.25) is 0 Å². The highest BCUT2D eigenvalue weighted by atomic mass is 16.3. The summed E-state index contributed by atoms with van der Waals surface area (Å²) in [7, 11) is 2.07. The van der Waals surface area contributed by atoms with E-state index in [4.69, 9.17) is 0 Å². The van der Waals surface area contributed by atoms with Crippen LogP contribution in [0.3, 0.4) is 0 Å². The van der Waals surface area contributed by atoms with Gasteiger partial charge in [0.15, 0.2) is 0 Å². The maximum atomic E-state index is 10.1. The molecule has 0 aromatic heterocycles. The fraction of sp³-hybridized carbons (Fsp3) is 0.500. The first kappa shape index (κ1) is 9.53. The van der Waals surface area contributed by atoms with Crippen molar-refractivity contribution >= 4 is 5.69 Å². The second-order valence-corrected chi connectivity index (χ2v) is 4.65. The molecule has 0 spiro atoms. The standard InChI is InChI=1S/C12H17NO/c1-12(2,14)10-8-13(3)11-7-5-4-6-9(10)11/h4-7,10,14H,8H2,1-3H3. The lowest BCUT2D eigenvalue weighted by Gasteiger charge is -2.26. The fourth-order valence-corrected chi connectivity index (χ4v) is 2.20. The van der Waals surface area contributed by atoms with Crippen LogP contribution in [-0.2, 0) is 0 Å². The Hall–Kier alpha value is -1.02. The summed E-state index contributed by atoms with van der Waals surface area (Å²) in [5, 5.41) is 10.1. The zero-order valence-electron chi connectivity index (χ0n) is 8.99. The molecule has 1 aliphatic rings. The molecule has 2 nitrogen and oxygen atoms in total. The lowest BCUT2D eigenvalue weighted by atomic mass is 9.86. The molecule has 0 bridgehead atoms. The van der Waals surface area contributed by atoms with Crippen molar-refractivity contribution in [2.24, 2.45) is 0 Å². The maximum Gasteiger partial charge on any atom is 0.0677 e. The number of para-hydroxylation sites is 1. The lowest BCUT2D eigenvalue weighted by Crippen LogP contribution is -2.32. The Labute approximate surface area is 85.2 Å². The Kier molecular flexibility index (Phi) is 2.04. The highest BCUT2D eigenvalue weighted by Crippen LogP contribution is 2.40. The van der Waals surface area contributed by atoms with E-state index >= 15 is 0 Å². The van der Waals surface area contributed by atoms with Crippen LogP contribution in [0, 0.1) is 0 Å². The van der Waals surface area contributed by atoms with Gasteiger partial charge in [0.05, 0.1) is 5.60 Å². The van der Waals surface area contributed by atoms with Gasteiger partial charge >= 0.3 is 0 Å². The predicted molar refractivity (Wildman–Crippen MR) is 58.8 cm³/mol. The number of hydrogen-bond acceptors (Lipinski definition) is 2. The molecule has 1 heterocycles. The number of hydrogen-bond donors (Lipinski definition) is 1. The van der Waals surface area contributed by atoms with Crippen molar-refractivity contribution < 1.29 is 5.11 Å². The van der Waals surface area contributed by atoms with Gasteiger partial charge in [0, 0.05) is 25.2 Å². The van der Waals surface area contributed by atoms with Gasteiger partial charge in [-0.1, -0.05) is 18.2 Å². The number of likely N-dealkylation sites (N-methyl/N-ethyl adjacent to an activating group) is 1. The van der Waals surface area contributed by atoms with E-state index in [9.17, 15) is 5.11 Å². The van der Waals surface area contributed by atoms with Crippen molar-refractivity contribution in [1.29, 1.82) is 0 Å². The highest BCUT2D eigenvalue weighted by Gasteiger charge is 2.36. The number of anilines is 1. The molecule has 1 atom stereocenters. The van der Waals surface area contributed by atoms with E-state index in [0.717, 1.165) is 6.54 Å². The molecule has 0 saturated carbocycles. The predicted octanol–water partition coefficient (Wildman–Crippen LogP) is 1.99. The minimum Gasteiger partial charge on any atom is -0.390 e. The first-order chi connectivity index (χ1) is 6.50. The summed E-state index contributed by atoms with van der Waals surface area (Å²) in [6.07, 6.45) is 0. The van der Waals surface area contributed by atoms with Crippen LogP contribution in [0.4, 0.5) is 5.69 Å². The Morgan fingerprint density at radius 1 is 1.36 bits per heavy atom. The van der Waals surface area contributed by atoms with Crippen molar-refractivity contribution in [2.75, 3.05) is 18.5 Å². The van der Waals surface area contributed by atoms with E-state index in [1.165, 1.54) is 11.3 Å². The van der Waals surface area contributed by atoms with Gasteiger partial charge < -0.3 is 10.0 Å². The summed E-state index contributed by atoms with van der Waals surface area (Å²) in [6.45, 7) is 4.67. The van der Waals surface area contributed by atoms with E-state index < -0.39 is 5.60 Å². The minimum atomic E-state index is -0.638. The van der Waals surface area contributed by atoms with Gasteiger partial charge in [0.1, 0.15) is 0 Å². The van der Waals surface area contributed by atoms with Gasteiger partial charge in [-0.2, -0.15) is 0 Å². The summed E-state index contributed by atoms with van der Waals surface area (Å²) in [5.41, 5.74) is 1.88. The van der Waals surface area contributed by atoms with Gasteiger partial charge in [-0.3, -0.25) is 0 Å². The molecule has 0 radical (unpaired) electrons. The van der Waals surface area contributed by atoms with E-state index in [2.05, 4.69) is 24.1 Å². The molecular formula is C12H17NO. The molecule has 2 rings (SSSR count). The molecule has 14 heavy (non-hydrogen) atoms. The average molecular weight is 191 g/mol. The Bertz CT molecular complexity index is 340. The third-order valence-electron chi connectivity index (χ3n) is 3.03. The first-order valence-corrected chi connectivity index (χ1v) is 5.02. The number of rotatable bonds is 1. The smallest absolute Gasteiger partial charge is 0.0677 e. The van der Waals surface area contributed by atoms with Crippen LogP contribution in [-0.4, -0.2) is 24.3 Å². The van der Waals surface area contributed by atoms with E-state index in [-0.39, 0.29) is 5.92 Å². The zero-order chi connectivity index (χ0) is 10.3. The Morgan fingerprint density at radius 3 is 2.64 bits per heavy atom. The molecule has 1 aromatic carbocycles. The molecule has 0 fully saturated rings. The van der Waals surface area contributed by atoms with Crippen molar-refractivity contribution in [1.82, 2.24) is 0 Å². The molecule has 1 unspecified atom stereocenters. The lowest BCUT2D eigenvalue weighted by molar-refractivity contribution is 0.0550. The molecular weight excluding hydrogens is 174 g/mol. The van der Waals surface area contributed by atoms with Crippen LogP contribution < -0.4 is 4.90 Å². The van der Waals surface area contributed by atoms with E-state index in [1.807, 2.05) is 26.0 Å². The second-order valence-electron chi connectivity index (χ2n) is 4.65. The Morgan fingerprint density at radius 2 is 2.00 bits per heavy atom. The molecule has 0 aliphatic carbocycles. The molecule has 0 saturated heterocycles. The van der Waals surface area contributed by atoms with Gasteiger partial charge in [-0.05, 0) is 25.5 Å². The molecule has 0 amide bonds. The van der Waals surface area contributed by atoms with Crippen molar-refractivity contribution in [3.05, 3.63) is 29.8 Å². The fourth-order valence-electron chi connectivity index (χ4n) is 2.20. The van der Waals surface area contributed by atoms with Gasteiger partial charge in [-0.25, -0.2) is 0 Å². The molecule has 76 valence electrons. The first-order valence-electron chi connectivity index (χ1n) is 5.02. The third kappa shape index (κ3) is 1.40. The van der Waals surface area contributed by atoms with E-state index in [0.29, 0.717) is 0 Å². The highest BCUT2D eigenvalue weighted by molar-refractivity contribution is 5.60. The number of nitrogens with zero attached hydrogens (tertiary/aromatic N) is 1. The van der Waals surface area contributed by atoms with Gasteiger partial charge in [-0.15, -0.1) is 0 Å². The molecule has 2 heteroatoms. The van der Waals surface area contributed by atoms with E-state index in [1.54, 1.807) is 0 Å². The largest absolute Gasteiger partial charge is 0.390 e. The van der Waals surface area contributed by atoms with Crippen molar-refractivity contribution in [2.45, 2.75) is 25.4 Å². The third-order valence-corrected chi connectivity index (χ3v) is 3.03. The summed E-state index contributed by atoms with van der Waals surface area (Å²) in [6, 6.07) is 8.31. The van der Waals surface area contributed by atoms with Crippen LogP contribution in [0.25, 0.3) is 0 Å². The summed E-state index contributed by atoms with van der Waals surface area (Å²) in [4.78, 5) is 2.21.